The van der Waals surface area contributed by atoms with Crippen LogP contribution in [0.5, 0.6) is 0 Å². The lowest BCUT2D eigenvalue weighted by atomic mass is 10.0. The maximum Gasteiger partial charge on any atom is 0.221 e. The molecule has 5 nitrogen and oxygen atoms in total. The molecule has 0 radical (unpaired) electrons. The van der Waals surface area contributed by atoms with E-state index in [0.717, 1.165) is 23.4 Å². The van der Waals surface area contributed by atoms with Crippen molar-refractivity contribution in [2.24, 2.45) is 0 Å². The van der Waals surface area contributed by atoms with E-state index in [1.807, 2.05) is 49.2 Å². The highest BCUT2D eigenvalue weighted by Gasteiger charge is 2.35. The van der Waals surface area contributed by atoms with E-state index in [-0.39, 0.29) is 0 Å². The van der Waals surface area contributed by atoms with Gasteiger partial charge in [-0.25, -0.2) is 13.1 Å². The van der Waals surface area contributed by atoms with Crippen molar-refractivity contribution in [1.29, 1.82) is 0 Å². The van der Waals surface area contributed by atoms with Crippen molar-refractivity contribution in [3.05, 3.63) is 48.4 Å². The Morgan fingerprint density at radius 1 is 1.13 bits per heavy atom. The first-order chi connectivity index (χ1) is 10.8. The van der Waals surface area contributed by atoms with Gasteiger partial charge in [-0.3, -0.25) is 0 Å². The van der Waals surface area contributed by atoms with Crippen molar-refractivity contribution < 1.29 is 12.8 Å². The van der Waals surface area contributed by atoms with E-state index in [0.29, 0.717) is 6.54 Å². The van der Waals surface area contributed by atoms with Crippen LogP contribution in [0.3, 0.4) is 0 Å². The molecule has 1 aromatic carbocycles. The van der Waals surface area contributed by atoms with Crippen molar-refractivity contribution in [2.75, 3.05) is 18.5 Å². The summed E-state index contributed by atoms with van der Waals surface area (Å²) in [5, 5.41) is 0. The Hall–Kier alpha value is -1.79. The molecule has 1 N–H and O–H groups in total. The molecular weight excluding hydrogens is 312 g/mol. The zero-order chi connectivity index (χ0) is 17.1. The summed E-state index contributed by atoms with van der Waals surface area (Å²) in [4.78, 5) is 1.98. The lowest BCUT2D eigenvalue weighted by molar-refractivity contribution is 0.539. The summed E-state index contributed by atoms with van der Waals surface area (Å²) in [5.74, 6) is 0. The lowest BCUT2D eigenvalue weighted by Crippen LogP contribution is -2.40. The molecule has 126 valence electrons. The van der Waals surface area contributed by atoms with Gasteiger partial charge in [0.1, 0.15) is 11.0 Å². The molecule has 2 rings (SSSR count). The van der Waals surface area contributed by atoms with Crippen LogP contribution in [0.15, 0.2) is 47.3 Å². The summed E-state index contributed by atoms with van der Waals surface area (Å²) in [7, 11) is -1.49. The first kappa shape index (κ1) is 17.6. The van der Waals surface area contributed by atoms with Crippen molar-refractivity contribution in [1.82, 2.24) is 4.72 Å². The van der Waals surface area contributed by atoms with Gasteiger partial charge in [0, 0.05) is 25.3 Å². The van der Waals surface area contributed by atoms with Crippen LogP contribution in [0.1, 0.15) is 32.8 Å². The number of hydrogen-bond acceptors (Lipinski definition) is 4. The van der Waals surface area contributed by atoms with E-state index < -0.39 is 14.8 Å². The third-order valence-corrected chi connectivity index (χ3v) is 6.22. The van der Waals surface area contributed by atoms with Gasteiger partial charge in [-0.05, 0) is 38.0 Å². The minimum Gasteiger partial charge on any atom is -0.470 e. The fourth-order valence-corrected chi connectivity index (χ4v) is 3.54. The van der Waals surface area contributed by atoms with Crippen LogP contribution >= 0.6 is 0 Å². The van der Waals surface area contributed by atoms with Crippen molar-refractivity contribution in [3.63, 3.8) is 0 Å². The molecule has 0 amide bonds. The number of benzene rings is 1. The minimum absolute atomic E-state index is 0.451. The van der Waals surface area contributed by atoms with Crippen LogP contribution in [0, 0.1) is 0 Å². The predicted octanol–water partition coefficient (Wildman–Crippen LogP) is 3.61. The van der Waals surface area contributed by atoms with E-state index in [1.54, 1.807) is 26.4 Å². The second-order valence-corrected chi connectivity index (χ2v) is 8.31. The summed E-state index contributed by atoms with van der Waals surface area (Å²) >= 11 is 0. The molecule has 6 heteroatoms. The highest BCUT2D eigenvalue weighted by atomic mass is 32.2. The Balaban J connectivity index is 2.24. The summed E-state index contributed by atoms with van der Waals surface area (Å²) in [6.07, 6.45) is 4.05. The van der Waals surface area contributed by atoms with Gasteiger partial charge in [0.2, 0.25) is 10.0 Å². The van der Waals surface area contributed by atoms with Gasteiger partial charge in [0.15, 0.2) is 0 Å². The molecule has 1 heterocycles. The van der Waals surface area contributed by atoms with Crippen LogP contribution in [-0.2, 0) is 14.8 Å². The molecule has 1 aromatic heterocycles. The number of rotatable bonds is 7. The van der Waals surface area contributed by atoms with Crippen molar-refractivity contribution >= 4 is 21.4 Å². The van der Waals surface area contributed by atoms with Crippen molar-refractivity contribution in [2.45, 2.75) is 31.9 Å². The fourth-order valence-electron chi connectivity index (χ4n) is 2.26. The maximum absolute atomic E-state index is 12.5. The first-order valence-corrected chi connectivity index (χ1v) is 9.13. The summed E-state index contributed by atoms with van der Waals surface area (Å²) in [5.41, 5.74) is 2.66. The van der Waals surface area contributed by atoms with Gasteiger partial charge in [0.25, 0.3) is 0 Å². The number of nitrogens with zero attached hydrogens (tertiary/aromatic N) is 1. The Morgan fingerprint density at radius 3 is 2.30 bits per heavy atom. The monoisotopic (exact) mass is 336 g/mol. The summed E-state index contributed by atoms with van der Waals surface area (Å²) in [6, 6.07) is 9.42. The molecule has 0 bridgehead atoms. The smallest absolute Gasteiger partial charge is 0.221 e. The van der Waals surface area contributed by atoms with Gasteiger partial charge in [-0.1, -0.05) is 19.1 Å². The Kier molecular flexibility index (Phi) is 5.16. The van der Waals surface area contributed by atoms with Crippen LogP contribution < -0.4 is 9.62 Å². The number of nitrogens with one attached hydrogen (secondary N) is 1. The lowest BCUT2D eigenvalue weighted by Gasteiger charge is -2.26. The molecule has 0 fully saturated rings. The minimum atomic E-state index is -3.43. The molecule has 0 saturated heterocycles. The maximum atomic E-state index is 12.5. The average molecular weight is 336 g/mol. The summed E-state index contributed by atoms with van der Waals surface area (Å²) in [6.45, 7) is 5.84. The van der Waals surface area contributed by atoms with Gasteiger partial charge < -0.3 is 9.32 Å². The second kappa shape index (κ2) is 6.76. The topological polar surface area (TPSA) is 62.6 Å². The molecule has 0 aliphatic carbocycles. The van der Waals surface area contributed by atoms with E-state index in [1.165, 1.54) is 0 Å². The SMILES string of the molecule is CCCNS(=O)(=O)C(C)(C)c1ccc(N(C)c2ccoc2)cc1. The zero-order valence-corrected chi connectivity index (χ0v) is 14.9. The number of furan rings is 1. The van der Waals surface area contributed by atoms with E-state index >= 15 is 0 Å². The average Bonchev–Trinajstić information content (AvgIpc) is 3.06. The predicted molar refractivity (Wildman–Crippen MR) is 93.5 cm³/mol. The Labute approximate surface area is 138 Å². The molecule has 23 heavy (non-hydrogen) atoms. The molecule has 0 spiro atoms. The largest absolute Gasteiger partial charge is 0.470 e. The van der Waals surface area contributed by atoms with Gasteiger partial charge in [-0.2, -0.15) is 0 Å². The van der Waals surface area contributed by atoms with Gasteiger partial charge in [-0.15, -0.1) is 0 Å². The highest BCUT2D eigenvalue weighted by Crippen LogP contribution is 2.31. The van der Waals surface area contributed by atoms with Crippen molar-refractivity contribution in [3.8, 4) is 0 Å². The normalized spacial score (nSPS) is 12.3. The Bertz CT molecular complexity index is 720. The third kappa shape index (κ3) is 3.59. The van der Waals surface area contributed by atoms with E-state index in [4.69, 9.17) is 4.42 Å². The van der Waals surface area contributed by atoms with Crippen LogP contribution in [0.25, 0.3) is 0 Å². The summed E-state index contributed by atoms with van der Waals surface area (Å²) < 4.78 is 31.7. The zero-order valence-electron chi connectivity index (χ0n) is 14.0. The second-order valence-electron chi connectivity index (χ2n) is 6.00. The quantitative estimate of drug-likeness (QED) is 0.839. The highest BCUT2D eigenvalue weighted by molar-refractivity contribution is 7.90. The third-order valence-electron chi connectivity index (χ3n) is 4.06. The number of anilines is 2. The van der Waals surface area contributed by atoms with Gasteiger partial charge in [0.05, 0.1) is 12.0 Å². The molecule has 0 aliphatic rings. The number of hydrogen-bond donors (Lipinski definition) is 1. The van der Waals surface area contributed by atoms with Gasteiger partial charge >= 0.3 is 0 Å². The molecule has 0 saturated carbocycles. The Morgan fingerprint density at radius 2 is 1.78 bits per heavy atom. The van der Waals surface area contributed by atoms with E-state index in [9.17, 15) is 8.42 Å². The van der Waals surface area contributed by atoms with Crippen LogP contribution in [-0.4, -0.2) is 22.0 Å². The molecular formula is C17H24N2O3S. The molecule has 0 unspecified atom stereocenters. The van der Waals surface area contributed by atoms with Crippen LogP contribution in [0.2, 0.25) is 0 Å². The molecule has 2 aromatic rings. The number of sulfonamides is 1. The molecule has 0 atom stereocenters. The standard InChI is InChI=1S/C17H24N2O3S/c1-5-11-18-23(20,21)17(2,3)14-6-8-15(9-7-14)19(4)16-10-12-22-13-16/h6-10,12-13,18H,5,11H2,1-4H3. The fraction of sp³-hybridized carbons (Fsp3) is 0.412. The molecule has 0 aliphatic heterocycles. The first-order valence-electron chi connectivity index (χ1n) is 7.65. The van der Waals surface area contributed by atoms with E-state index in [2.05, 4.69) is 4.72 Å². The van der Waals surface area contributed by atoms with Crippen LogP contribution in [0.4, 0.5) is 11.4 Å².